The molecule has 7 heteroatoms. The Kier molecular flexibility index (Phi) is 8.81. The van der Waals surface area contributed by atoms with Crippen LogP contribution >= 0.6 is 0 Å². The van der Waals surface area contributed by atoms with E-state index in [1.165, 1.54) is 48.5 Å². The zero-order valence-electron chi connectivity index (χ0n) is 16.3. The molecule has 0 N–H and O–H groups in total. The summed E-state index contributed by atoms with van der Waals surface area (Å²) >= 11 is 0. The number of nitriles is 1. The van der Waals surface area contributed by atoms with Gasteiger partial charge in [0.05, 0.1) is 36.0 Å². The van der Waals surface area contributed by atoms with E-state index < -0.39 is 17.9 Å². The van der Waals surface area contributed by atoms with E-state index in [0.29, 0.717) is 36.1 Å². The number of hydrogen-bond acceptors (Lipinski definition) is 7. The lowest BCUT2D eigenvalue weighted by molar-refractivity contribution is -0.137. The fourth-order valence-electron chi connectivity index (χ4n) is 2.37. The third kappa shape index (κ3) is 7.24. The van der Waals surface area contributed by atoms with Gasteiger partial charge in [0, 0.05) is 6.08 Å². The molecule has 0 spiro atoms. The molecule has 0 aromatic heterocycles. The van der Waals surface area contributed by atoms with Gasteiger partial charge in [0.1, 0.15) is 5.75 Å². The average Bonchev–Trinajstić information content (AvgIpc) is 2.78. The first-order chi connectivity index (χ1) is 14.5. The molecule has 0 bridgehead atoms. The SMILES string of the molecule is C=CC(=O)OCCCCCOC(=O)c1ccc(OC(=O)c2ccc(C#N)cc2)cc1. The second-order valence-electron chi connectivity index (χ2n) is 6.17. The molecule has 0 aliphatic heterocycles. The van der Waals surface area contributed by atoms with Crippen LogP contribution in [0, 0.1) is 11.3 Å². The predicted octanol–water partition coefficient (Wildman–Crippen LogP) is 3.83. The van der Waals surface area contributed by atoms with Crippen LogP contribution in [0.2, 0.25) is 0 Å². The van der Waals surface area contributed by atoms with Crippen molar-refractivity contribution < 1.29 is 28.6 Å². The number of esters is 3. The molecule has 0 fully saturated rings. The number of unbranched alkanes of at least 4 members (excludes halogenated alkanes) is 2. The van der Waals surface area contributed by atoms with Gasteiger partial charge in [0.15, 0.2) is 0 Å². The molecule has 0 saturated carbocycles. The summed E-state index contributed by atoms with van der Waals surface area (Å²) in [5.74, 6) is -1.20. The van der Waals surface area contributed by atoms with Crippen LogP contribution in [0.3, 0.4) is 0 Å². The highest BCUT2D eigenvalue weighted by Gasteiger charge is 2.11. The Balaban J connectivity index is 1.73. The molecule has 2 aromatic rings. The van der Waals surface area contributed by atoms with Crippen LogP contribution in [0.5, 0.6) is 5.75 Å². The molecule has 2 aromatic carbocycles. The maximum Gasteiger partial charge on any atom is 0.343 e. The maximum absolute atomic E-state index is 12.1. The summed E-state index contributed by atoms with van der Waals surface area (Å²) in [4.78, 5) is 35.0. The molecular formula is C23H21NO6. The zero-order valence-corrected chi connectivity index (χ0v) is 16.3. The lowest BCUT2D eigenvalue weighted by atomic mass is 10.1. The van der Waals surface area contributed by atoms with Gasteiger partial charge in [-0.25, -0.2) is 14.4 Å². The van der Waals surface area contributed by atoms with Gasteiger partial charge in [-0.15, -0.1) is 0 Å². The van der Waals surface area contributed by atoms with Crippen molar-refractivity contribution in [3.05, 3.63) is 77.9 Å². The van der Waals surface area contributed by atoms with Crippen molar-refractivity contribution in [1.82, 2.24) is 0 Å². The second kappa shape index (κ2) is 11.8. The monoisotopic (exact) mass is 407 g/mol. The maximum atomic E-state index is 12.1. The van der Waals surface area contributed by atoms with Crippen molar-refractivity contribution in [2.45, 2.75) is 19.3 Å². The van der Waals surface area contributed by atoms with Gasteiger partial charge in [0.25, 0.3) is 0 Å². The van der Waals surface area contributed by atoms with Crippen molar-refractivity contribution in [2.24, 2.45) is 0 Å². The van der Waals surface area contributed by atoms with Crippen molar-refractivity contribution in [3.8, 4) is 11.8 Å². The van der Waals surface area contributed by atoms with Crippen LogP contribution in [0.25, 0.3) is 0 Å². The van der Waals surface area contributed by atoms with Crippen LogP contribution < -0.4 is 4.74 Å². The van der Waals surface area contributed by atoms with E-state index in [0.717, 1.165) is 12.5 Å². The van der Waals surface area contributed by atoms with E-state index in [2.05, 4.69) is 6.58 Å². The molecule has 0 heterocycles. The number of benzene rings is 2. The van der Waals surface area contributed by atoms with Gasteiger partial charge >= 0.3 is 17.9 Å². The Morgan fingerprint density at radius 2 is 1.40 bits per heavy atom. The molecule has 154 valence electrons. The first kappa shape index (κ1) is 22.4. The summed E-state index contributed by atoms with van der Waals surface area (Å²) in [6.07, 6.45) is 3.19. The van der Waals surface area contributed by atoms with Gasteiger partial charge < -0.3 is 14.2 Å². The zero-order chi connectivity index (χ0) is 21.8. The van der Waals surface area contributed by atoms with Crippen LogP contribution in [-0.2, 0) is 14.3 Å². The smallest absolute Gasteiger partial charge is 0.343 e. The summed E-state index contributed by atoms with van der Waals surface area (Å²) in [6.45, 7) is 3.87. The van der Waals surface area contributed by atoms with E-state index in [1.54, 1.807) is 0 Å². The van der Waals surface area contributed by atoms with Crippen LogP contribution in [0.1, 0.15) is 45.5 Å². The van der Waals surface area contributed by atoms with Crippen LogP contribution in [0.4, 0.5) is 0 Å². The quantitative estimate of drug-likeness (QED) is 0.255. The highest BCUT2D eigenvalue weighted by molar-refractivity contribution is 5.92. The van der Waals surface area contributed by atoms with E-state index >= 15 is 0 Å². The minimum absolute atomic E-state index is 0.254. The second-order valence-corrected chi connectivity index (χ2v) is 6.17. The Bertz CT molecular complexity index is 926. The Morgan fingerprint density at radius 3 is 2.00 bits per heavy atom. The molecule has 0 unspecified atom stereocenters. The summed E-state index contributed by atoms with van der Waals surface area (Å²) < 4.78 is 15.3. The first-order valence-electron chi connectivity index (χ1n) is 9.32. The molecule has 0 amide bonds. The summed E-state index contributed by atoms with van der Waals surface area (Å²) in [7, 11) is 0. The third-order valence-corrected chi connectivity index (χ3v) is 3.98. The molecule has 30 heavy (non-hydrogen) atoms. The van der Waals surface area contributed by atoms with Gasteiger partial charge in [-0.3, -0.25) is 0 Å². The number of carbonyl (C=O) groups is 3. The fraction of sp³-hybridized carbons (Fsp3) is 0.217. The number of rotatable bonds is 10. The summed E-state index contributed by atoms with van der Waals surface area (Å²) in [6, 6.07) is 14.1. The number of ether oxygens (including phenoxy) is 3. The van der Waals surface area contributed by atoms with Gasteiger partial charge in [-0.2, -0.15) is 5.26 Å². The molecule has 7 nitrogen and oxygen atoms in total. The van der Waals surface area contributed by atoms with Crippen molar-refractivity contribution in [3.63, 3.8) is 0 Å². The predicted molar refractivity (Wildman–Crippen MR) is 108 cm³/mol. The van der Waals surface area contributed by atoms with Crippen LogP contribution in [-0.4, -0.2) is 31.1 Å². The van der Waals surface area contributed by atoms with Crippen molar-refractivity contribution >= 4 is 17.9 Å². The van der Waals surface area contributed by atoms with Crippen molar-refractivity contribution in [1.29, 1.82) is 5.26 Å². The van der Waals surface area contributed by atoms with Gasteiger partial charge in [-0.05, 0) is 67.8 Å². The molecule has 2 rings (SSSR count). The fourth-order valence-corrected chi connectivity index (χ4v) is 2.37. The topological polar surface area (TPSA) is 103 Å². The summed E-state index contributed by atoms with van der Waals surface area (Å²) in [5, 5.41) is 8.78. The standard InChI is InChI=1S/C23H21NO6/c1-2-21(25)28-14-4-3-5-15-29-22(26)18-10-12-20(13-11-18)30-23(27)19-8-6-17(16-24)7-9-19/h2,6-13H,1,3-5,14-15H2. The summed E-state index contributed by atoms with van der Waals surface area (Å²) in [5.41, 5.74) is 1.11. The molecule has 0 saturated heterocycles. The van der Waals surface area contributed by atoms with E-state index in [4.69, 9.17) is 19.5 Å². The molecule has 0 radical (unpaired) electrons. The number of nitrogens with zero attached hydrogens (tertiary/aromatic N) is 1. The molecular weight excluding hydrogens is 386 g/mol. The number of carbonyl (C=O) groups excluding carboxylic acids is 3. The lowest BCUT2D eigenvalue weighted by Gasteiger charge is -2.07. The van der Waals surface area contributed by atoms with Gasteiger partial charge in [-0.1, -0.05) is 6.58 Å². The normalized spacial score (nSPS) is 9.83. The third-order valence-electron chi connectivity index (χ3n) is 3.98. The lowest BCUT2D eigenvalue weighted by Crippen LogP contribution is -2.09. The Hall–Kier alpha value is -3.92. The minimum Gasteiger partial charge on any atom is -0.463 e. The van der Waals surface area contributed by atoms with Crippen LogP contribution in [0.15, 0.2) is 61.2 Å². The Labute approximate surface area is 174 Å². The van der Waals surface area contributed by atoms with Crippen molar-refractivity contribution in [2.75, 3.05) is 13.2 Å². The van der Waals surface area contributed by atoms with E-state index in [-0.39, 0.29) is 12.4 Å². The molecule has 0 aliphatic rings. The minimum atomic E-state index is -0.561. The average molecular weight is 407 g/mol. The molecule has 0 aliphatic carbocycles. The van der Waals surface area contributed by atoms with Gasteiger partial charge in [0.2, 0.25) is 0 Å². The van der Waals surface area contributed by atoms with E-state index in [1.807, 2.05) is 6.07 Å². The van der Waals surface area contributed by atoms with E-state index in [9.17, 15) is 14.4 Å². The highest BCUT2D eigenvalue weighted by Crippen LogP contribution is 2.15. The Morgan fingerprint density at radius 1 is 0.833 bits per heavy atom. The molecule has 0 atom stereocenters. The first-order valence-corrected chi connectivity index (χ1v) is 9.32. The largest absolute Gasteiger partial charge is 0.463 e. The highest BCUT2D eigenvalue weighted by atomic mass is 16.5. The number of hydrogen-bond donors (Lipinski definition) is 0.